The Balaban J connectivity index is 3.36. The van der Waals surface area contributed by atoms with E-state index in [0.717, 1.165) is 25.3 Å². The summed E-state index contributed by atoms with van der Waals surface area (Å²) in [6.07, 6.45) is 7.98. The molecule has 0 aromatic rings. The molecule has 0 spiro atoms. The van der Waals surface area contributed by atoms with Crippen LogP contribution in [0.1, 0.15) is 45.4 Å². The first-order valence-electron chi connectivity index (χ1n) is 5.24. The van der Waals surface area contributed by atoms with Gasteiger partial charge in [-0.15, -0.1) is 0 Å². The Morgan fingerprint density at radius 1 is 1.36 bits per heavy atom. The minimum absolute atomic E-state index is 0.387. The van der Waals surface area contributed by atoms with Crippen molar-refractivity contribution in [1.82, 2.24) is 0 Å². The van der Waals surface area contributed by atoms with Crippen molar-refractivity contribution < 1.29 is 15.0 Å². The maximum absolute atomic E-state index is 10.1. The fourth-order valence-corrected chi connectivity index (χ4v) is 1.25. The van der Waals surface area contributed by atoms with E-state index in [1.165, 1.54) is 18.9 Å². The van der Waals surface area contributed by atoms with Crippen LogP contribution >= 0.6 is 0 Å². The first-order chi connectivity index (χ1) is 6.66. The van der Waals surface area contributed by atoms with Crippen molar-refractivity contribution in [1.29, 1.82) is 0 Å². The third kappa shape index (κ3) is 9.26. The number of carboxylic acid groups (broad SMARTS) is 1. The van der Waals surface area contributed by atoms with Crippen LogP contribution in [-0.2, 0) is 4.79 Å². The summed E-state index contributed by atoms with van der Waals surface area (Å²) in [6, 6.07) is 0. The molecule has 0 aromatic heterocycles. The maximum atomic E-state index is 10.1. The molecular formula is C11H20O3. The van der Waals surface area contributed by atoms with E-state index in [1.54, 1.807) is 0 Å². The van der Waals surface area contributed by atoms with Gasteiger partial charge in [-0.05, 0) is 12.8 Å². The summed E-state index contributed by atoms with van der Waals surface area (Å²) < 4.78 is 0. The molecule has 0 radical (unpaired) electrons. The quantitative estimate of drug-likeness (QED) is 0.467. The first-order valence-corrected chi connectivity index (χ1v) is 5.24. The number of hydrogen-bond donors (Lipinski definition) is 2. The predicted molar refractivity (Wildman–Crippen MR) is 56.2 cm³/mol. The van der Waals surface area contributed by atoms with Gasteiger partial charge >= 0.3 is 5.97 Å². The zero-order valence-corrected chi connectivity index (χ0v) is 8.78. The molecule has 0 saturated carbocycles. The van der Waals surface area contributed by atoms with Crippen LogP contribution in [0.3, 0.4) is 0 Å². The molecule has 14 heavy (non-hydrogen) atoms. The molecule has 1 atom stereocenters. The molecule has 0 bridgehead atoms. The normalized spacial score (nSPS) is 13.3. The molecular weight excluding hydrogens is 180 g/mol. The smallest absolute Gasteiger partial charge is 0.327 e. The van der Waals surface area contributed by atoms with Gasteiger partial charge in [-0.1, -0.05) is 38.7 Å². The maximum Gasteiger partial charge on any atom is 0.327 e. The van der Waals surface area contributed by atoms with Crippen molar-refractivity contribution in [2.75, 3.05) is 0 Å². The van der Waals surface area contributed by atoms with Gasteiger partial charge < -0.3 is 10.2 Å². The number of aliphatic carboxylic acids is 1. The molecule has 0 aliphatic carbocycles. The zero-order chi connectivity index (χ0) is 10.8. The average molecular weight is 200 g/mol. The molecule has 0 fully saturated rings. The van der Waals surface area contributed by atoms with Gasteiger partial charge in [-0.25, -0.2) is 4.79 Å². The Morgan fingerprint density at radius 2 is 2.07 bits per heavy atom. The summed E-state index contributed by atoms with van der Waals surface area (Å²) in [4.78, 5) is 10.1. The van der Waals surface area contributed by atoms with Gasteiger partial charge in [-0.2, -0.15) is 0 Å². The predicted octanol–water partition coefficient (Wildman–Crippen LogP) is 2.35. The second-order valence-electron chi connectivity index (χ2n) is 3.48. The summed E-state index contributed by atoms with van der Waals surface area (Å²) in [5, 5.41) is 17.7. The van der Waals surface area contributed by atoms with Crippen LogP contribution in [0.4, 0.5) is 0 Å². The lowest BCUT2D eigenvalue weighted by Crippen LogP contribution is -2.04. The first kappa shape index (κ1) is 13.2. The minimum Gasteiger partial charge on any atom is -0.478 e. The van der Waals surface area contributed by atoms with E-state index in [0.29, 0.717) is 6.42 Å². The number of aliphatic hydroxyl groups is 1. The molecule has 0 rings (SSSR count). The van der Waals surface area contributed by atoms with Crippen molar-refractivity contribution in [3.8, 4) is 0 Å². The highest BCUT2D eigenvalue weighted by Crippen LogP contribution is 2.08. The second-order valence-corrected chi connectivity index (χ2v) is 3.48. The number of unbranched alkanes of at least 4 members (excludes halogenated alkanes) is 3. The van der Waals surface area contributed by atoms with Crippen molar-refractivity contribution in [3.63, 3.8) is 0 Å². The van der Waals surface area contributed by atoms with Crippen LogP contribution < -0.4 is 0 Å². The number of carboxylic acids is 1. The number of carbonyl (C=O) groups is 1. The highest BCUT2D eigenvalue weighted by Gasteiger charge is 2.01. The Morgan fingerprint density at radius 3 is 2.64 bits per heavy atom. The third-order valence-corrected chi connectivity index (χ3v) is 2.06. The molecule has 0 saturated heterocycles. The molecule has 3 heteroatoms. The molecule has 82 valence electrons. The molecule has 0 aliphatic heterocycles. The van der Waals surface area contributed by atoms with E-state index < -0.39 is 5.97 Å². The Hall–Kier alpha value is -0.830. The van der Waals surface area contributed by atoms with Gasteiger partial charge in [-0.3, -0.25) is 0 Å². The van der Waals surface area contributed by atoms with E-state index in [9.17, 15) is 9.90 Å². The van der Waals surface area contributed by atoms with Gasteiger partial charge in [0.05, 0.1) is 6.10 Å². The highest BCUT2D eigenvalue weighted by atomic mass is 16.4. The molecule has 0 heterocycles. The lowest BCUT2D eigenvalue weighted by atomic mass is 10.1. The highest BCUT2D eigenvalue weighted by molar-refractivity contribution is 5.79. The van der Waals surface area contributed by atoms with Crippen molar-refractivity contribution in [3.05, 3.63) is 12.2 Å². The average Bonchev–Trinajstić information content (AvgIpc) is 2.12. The van der Waals surface area contributed by atoms with Crippen LogP contribution in [0.2, 0.25) is 0 Å². The van der Waals surface area contributed by atoms with Crippen LogP contribution in [0.5, 0.6) is 0 Å². The van der Waals surface area contributed by atoms with Crippen LogP contribution in [0.25, 0.3) is 0 Å². The monoisotopic (exact) mass is 200 g/mol. The molecule has 2 N–H and O–H groups in total. The SMILES string of the molecule is CCCCCCC(O)CC=CC(=O)O. The van der Waals surface area contributed by atoms with Crippen molar-refractivity contribution in [2.45, 2.75) is 51.6 Å². The fourth-order valence-electron chi connectivity index (χ4n) is 1.25. The fraction of sp³-hybridized carbons (Fsp3) is 0.727. The van der Waals surface area contributed by atoms with Crippen molar-refractivity contribution in [2.24, 2.45) is 0 Å². The van der Waals surface area contributed by atoms with Crippen molar-refractivity contribution >= 4 is 5.97 Å². The second kappa shape index (κ2) is 8.75. The Labute approximate surface area is 85.4 Å². The lowest BCUT2D eigenvalue weighted by Gasteiger charge is -2.06. The van der Waals surface area contributed by atoms with Crippen LogP contribution in [0, 0.1) is 0 Å². The number of hydrogen-bond acceptors (Lipinski definition) is 2. The summed E-state index contributed by atoms with van der Waals surface area (Å²) >= 11 is 0. The molecule has 3 nitrogen and oxygen atoms in total. The zero-order valence-electron chi connectivity index (χ0n) is 8.78. The van der Waals surface area contributed by atoms with E-state index in [1.807, 2.05) is 0 Å². The van der Waals surface area contributed by atoms with E-state index in [2.05, 4.69) is 6.92 Å². The minimum atomic E-state index is -0.955. The Kier molecular flexibility index (Phi) is 8.24. The van der Waals surface area contributed by atoms with Gasteiger partial charge in [0.2, 0.25) is 0 Å². The van der Waals surface area contributed by atoms with Gasteiger partial charge in [0.1, 0.15) is 0 Å². The lowest BCUT2D eigenvalue weighted by molar-refractivity contribution is -0.131. The third-order valence-electron chi connectivity index (χ3n) is 2.06. The van der Waals surface area contributed by atoms with Crippen LogP contribution in [-0.4, -0.2) is 22.3 Å². The van der Waals surface area contributed by atoms with E-state index >= 15 is 0 Å². The van der Waals surface area contributed by atoms with Gasteiger partial charge in [0.15, 0.2) is 0 Å². The molecule has 0 aliphatic rings. The van der Waals surface area contributed by atoms with Crippen LogP contribution in [0.15, 0.2) is 12.2 Å². The summed E-state index contributed by atoms with van der Waals surface area (Å²) in [5.41, 5.74) is 0. The largest absolute Gasteiger partial charge is 0.478 e. The van der Waals surface area contributed by atoms with Gasteiger partial charge in [0.25, 0.3) is 0 Å². The molecule has 0 amide bonds. The summed E-state index contributed by atoms with van der Waals surface area (Å²) in [5.74, 6) is -0.955. The Bertz CT molecular complexity index is 175. The standard InChI is InChI=1S/C11H20O3/c1-2-3-4-5-7-10(12)8-6-9-11(13)14/h6,9-10,12H,2-5,7-8H2,1H3,(H,13,14). The number of rotatable bonds is 8. The van der Waals surface area contributed by atoms with E-state index in [-0.39, 0.29) is 6.10 Å². The number of aliphatic hydroxyl groups excluding tert-OH is 1. The topological polar surface area (TPSA) is 57.5 Å². The molecule has 1 unspecified atom stereocenters. The molecule has 0 aromatic carbocycles. The summed E-state index contributed by atoms with van der Waals surface area (Å²) in [7, 11) is 0. The van der Waals surface area contributed by atoms with E-state index in [4.69, 9.17) is 5.11 Å². The summed E-state index contributed by atoms with van der Waals surface area (Å²) in [6.45, 7) is 2.14. The van der Waals surface area contributed by atoms with Gasteiger partial charge in [0, 0.05) is 6.08 Å².